The van der Waals surface area contributed by atoms with Crippen LogP contribution < -0.4 is 5.32 Å². The number of carbonyl (C=O) groups is 1. The average Bonchev–Trinajstić information content (AvgIpc) is 2.93. The maximum Gasteiger partial charge on any atom is 0.227 e. The number of carbonyl (C=O) groups excluding carboxylic acids is 1. The van der Waals surface area contributed by atoms with Crippen LogP contribution in [0.3, 0.4) is 0 Å². The highest BCUT2D eigenvalue weighted by atomic mass is 32.2. The SMILES string of the molecule is CCCC(C)C(=O)Nc1cccc(C2SCCS2)c1. The van der Waals surface area contributed by atoms with Crippen molar-refractivity contribution in [2.45, 2.75) is 31.3 Å². The minimum Gasteiger partial charge on any atom is -0.326 e. The van der Waals surface area contributed by atoms with E-state index >= 15 is 0 Å². The van der Waals surface area contributed by atoms with Crippen LogP contribution >= 0.6 is 23.5 Å². The second-order valence-electron chi connectivity index (χ2n) is 4.88. The molecule has 1 aliphatic rings. The summed E-state index contributed by atoms with van der Waals surface area (Å²) >= 11 is 3.98. The van der Waals surface area contributed by atoms with Crippen LogP contribution in [0.15, 0.2) is 24.3 Å². The van der Waals surface area contributed by atoms with Gasteiger partial charge in [-0.3, -0.25) is 4.79 Å². The van der Waals surface area contributed by atoms with E-state index < -0.39 is 0 Å². The molecule has 1 N–H and O–H groups in total. The second kappa shape index (κ2) is 7.25. The quantitative estimate of drug-likeness (QED) is 0.864. The molecule has 0 bridgehead atoms. The third-order valence-electron chi connectivity index (χ3n) is 3.22. The number of hydrogen-bond donors (Lipinski definition) is 1. The van der Waals surface area contributed by atoms with E-state index in [0.29, 0.717) is 4.58 Å². The Morgan fingerprint density at radius 2 is 2.16 bits per heavy atom. The van der Waals surface area contributed by atoms with Crippen molar-refractivity contribution < 1.29 is 4.79 Å². The zero-order chi connectivity index (χ0) is 13.7. The summed E-state index contributed by atoms with van der Waals surface area (Å²) in [5, 5.41) is 3.03. The Bertz CT molecular complexity index is 430. The molecule has 1 amide bonds. The van der Waals surface area contributed by atoms with E-state index in [1.807, 2.05) is 42.6 Å². The topological polar surface area (TPSA) is 29.1 Å². The van der Waals surface area contributed by atoms with Gasteiger partial charge in [-0.15, -0.1) is 23.5 Å². The minimum atomic E-state index is 0.0869. The normalized spacial score (nSPS) is 17.4. The van der Waals surface area contributed by atoms with Crippen molar-refractivity contribution in [2.75, 3.05) is 16.8 Å². The molecule has 0 radical (unpaired) electrons. The predicted molar refractivity (Wildman–Crippen MR) is 86.8 cm³/mol. The summed E-state index contributed by atoms with van der Waals surface area (Å²) in [5.41, 5.74) is 2.24. The third kappa shape index (κ3) is 4.18. The monoisotopic (exact) mass is 295 g/mol. The molecule has 0 aliphatic carbocycles. The molecule has 104 valence electrons. The minimum absolute atomic E-state index is 0.0869. The van der Waals surface area contributed by atoms with Gasteiger partial charge >= 0.3 is 0 Å². The fraction of sp³-hybridized carbons (Fsp3) is 0.533. The molecule has 0 spiro atoms. The van der Waals surface area contributed by atoms with Crippen LogP contribution in [0.1, 0.15) is 36.8 Å². The fourth-order valence-corrected chi connectivity index (χ4v) is 4.98. The Labute approximate surface area is 124 Å². The molecule has 1 saturated heterocycles. The lowest BCUT2D eigenvalue weighted by Gasteiger charge is -2.13. The van der Waals surface area contributed by atoms with Gasteiger partial charge in [0.15, 0.2) is 0 Å². The van der Waals surface area contributed by atoms with Gasteiger partial charge in [-0.2, -0.15) is 0 Å². The second-order valence-corrected chi connectivity index (χ2v) is 7.60. The molecule has 1 aromatic rings. The van der Waals surface area contributed by atoms with Gasteiger partial charge in [-0.1, -0.05) is 32.4 Å². The molecule has 0 saturated carbocycles. The van der Waals surface area contributed by atoms with Crippen LogP contribution in [-0.4, -0.2) is 17.4 Å². The third-order valence-corrected chi connectivity index (χ3v) is 6.32. The highest BCUT2D eigenvalue weighted by Crippen LogP contribution is 2.45. The molecule has 0 aromatic heterocycles. The first-order chi connectivity index (χ1) is 9.20. The largest absolute Gasteiger partial charge is 0.326 e. The predicted octanol–water partition coefficient (Wildman–Crippen LogP) is 4.54. The molecule has 1 heterocycles. The zero-order valence-electron chi connectivity index (χ0n) is 11.5. The standard InChI is InChI=1S/C15H21NOS2/c1-3-5-11(2)14(17)16-13-7-4-6-12(10-13)15-18-8-9-19-15/h4,6-7,10-11,15H,3,5,8-9H2,1-2H3,(H,16,17). The van der Waals surface area contributed by atoms with E-state index in [1.54, 1.807) is 0 Å². The number of rotatable bonds is 5. The summed E-state index contributed by atoms with van der Waals surface area (Å²) < 4.78 is 0.532. The van der Waals surface area contributed by atoms with Crippen molar-refractivity contribution in [1.29, 1.82) is 0 Å². The summed E-state index contributed by atoms with van der Waals surface area (Å²) in [6.07, 6.45) is 1.99. The molecule has 2 rings (SSSR count). The van der Waals surface area contributed by atoms with Crippen molar-refractivity contribution in [3.8, 4) is 0 Å². The number of hydrogen-bond acceptors (Lipinski definition) is 3. The number of amides is 1. The van der Waals surface area contributed by atoms with Gasteiger partial charge in [-0.05, 0) is 24.1 Å². The fourth-order valence-electron chi connectivity index (χ4n) is 2.14. The van der Waals surface area contributed by atoms with Gasteiger partial charge in [0.1, 0.15) is 0 Å². The molecule has 1 fully saturated rings. The van der Waals surface area contributed by atoms with Gasteiger partial charge < -0.3 is 5.32 Å². The first-order valence-electron chi connectivity index (χ1n) is 6.84. The molecule has 1 aliphatic heterocycles. The molecule has 2 nitrogen and oxygen atoms in total. The van der Waals surface area contributed by atoms with Crippen LogP contribution in [0.4, 0.5) is 5.69 Å². The van der Waals surface area contributed by atoms with Crippen molar-refractivity contribution in [3.63, 3.8) is 0 Å². The van der Waals surface area contributed by atoms with Gasteiger partial charge in [0.05, 0.1) is 4.58 Å². The van der Waals surface area contributed by atoms with E-state index in [2.05, 4.69) is 24.4 Å². The number of thioether (sulfide) groups is 2. The van der Waals surface area contributed by atoms with Crippen LogP contribution in [0.2, 0.25) is 0 Å². The van der Waals surface area contributed by atoms with E-state index in [4.69, 9.17) is 0 Å². The molecule has 1 unspecified atom stereocenters. The Morgan fingerprint density at radius 3 is 2.84 bits per heavy atom. The maximum absolute atomic E-state index is 12.0. The lowest BCUT2D eigenvalue weighted by Crippen LogP contribution is -2.20. The number of anilines is 1. The van der Waals surface area contributed by atoms with Crippen LogP contribution in [-0.2, 0) is 4.79 Å². The Morgan fingerprint density at radius 1 is 1.42 bits per heavy atom. The maximum atomic E-state index is 12.0. The molecule has 19 heavy (non-hydrogen) atoms. The van der Waals surface area contributed by atoms with Gasteiger partial charge in [-0.25, -0.2) is 0 Å². The smallest absolute Gasteiger partial charge is 0.227 e. The molecule has 4 heteroatoms. The van der Waals surface area contributed by atoms with Crippen molar-refractivity contribution in [1.82, 2.24) is 0 Å². The molecular formula is C15H21NOS2. The highest BCUT2D eigenvalue weighted by molar-refractivity contribution is 8.19. The summed E-state index contributed by atoms with van der Waals surface area (Å²) in [7, 11) is 0. The Balaban J connectivity index is 2.00. The van der Waals surface area contributed by atoms with Crippen LogP contribution in [0.5, 0.6) is 0 Å². The number of nitrogens with one attached hydrogen (secondary N) is 1. The summed E-state index contributed by atoms with van der Waals surface area (Å²) in [6.45, 7) is 4.10. The van der Waals surface area contributed by atoms with E-state index in [-0.39, 0.29) is 11.8 Å². The van der Waals surface area contributed by atoms with E-state index in [0.717, 1.165) is 18.5 Å². The molecule has 1 aromatic carbocycles. The van der Waals surface area contributed by atoms with Crippen molar-refractivity contribution in [3.05, 3.63) is 29.8 Å². The summed E-state index contributed by atoms with van der Waals surface area (Å²) in [6, 6.07) is 8.28. The zero-order valence-corrected chi connectivity index (χ0v) is 13.2. The summed E-state index contributed by atoms with van der Waals surface area (Å²) in [5.74, 6) is 2.66. The molecule has 1 atom stereocenters. The first kappa shape index (κ1) is 14.8. The van der Waals surface area contributed by atoms with Gasteiger partial charge in [0.2, 0.25) is 5.91 Å². The molecular weight excluding hydrogens is 274 g/mol. The van der Waals surface area contributed by atoms with Gasteiger partial charge in [0, 0.05) is 23.1 Å². The Kier molecular flexibility index (Phi) is 5.64. The van der Waals surface area contributed by atoms with Crippen molar-refractivity contribution in [2.24, 2.45) is 5.92 Å². The van der Waals surface area contributed by atoms with Crippen LogP contribution in [0, 0.1) is 5.92 Å². The van der Waals surface area contributed by atoms with E-state index in [1.165, 1.54) is 17.1 Å². The van der Waals surface area contributed by atoms with Crippen LogP contribution in [0.25, 0.3) is 0 Å². The lowest BCUT2D eigenvalue weighted by atomic mass is 10.1. The van der Waals surface area contributed by atoms with Crippen molar-refractivity contribution >= 4 is 35.1 Å². The Hall–Kier alpha value is -0.610. The highest BCUT2D eigenvalue weighted by Gasteiger charge is 2.19. The van der Waals surface area contributed by atoms with E-state index in [9.17, 15) is 4.79 Å². The van der Waals surface area contributed by atoms with Gasteiger partial charge in [0.25, 0.3) is 0 Å². The average molecular weight is 295 g/mol. The summed E-state index contributed by atoms with van der Waals surface area (Å²) in [4.78, 5) is 12.0. The lowest BCUT2D eigenvalue weighted by molar-refractivity contribution is -0.119. The number of benzene rings is 1. The first-order valence-corrected chi connectivity index (χ1v) is 8.94.